The molecular formula is C23H18O5. The molecule has 0 spiro atoms. The summed E-state index contributed by atoms with van der Waals surface area (Å²) in [7, 11) is 1.46. The van der Waals surface area contributed by atoms with Gasteiger partial charge in [0.15, 0.2) is 11.5 Å². The molecule has 140 valence electrons. The average Bonchev–Trinajstić information content (AvgIpc) is 2.73. The number of carbonyl (C=O) groups excluding carboxylic acids is 1. The SMILES string of the molecule is COc1cc(/C=C(/C(=O)O)c2ccccc2)ccc1OC(=O)c1ccccc1. The highest BCUT2D eigenvalue weighted by Gasteiger charge is 2.14. The number of methoxy groups -OCH3 is 1. The molecule has 3 aromatic carbocycles. The molecule has 0 atom stereocenters. The van der Waals surface area contributed by atoms with Gasteiger partial charge in [-0.05, 0) is 41.5 Å². The van der Waals surface area contributed by atoms with Crippen LogP contribution in [0, 0.1) is 0 Å². The van der Waals surface area contributed by atoms with E-state index in [4.69, 9.17) is 9.47 Å². The molecule has 3 rings (SSSR count). The quantitative estimate of drug-likeness (QED) is 0.297. The minimum Gasteiger partial charge on any atom is -0.493 e. The van der Waals surface area contributed by atoms with Crippen LogP contribution in [-0.2, 0) is 4.79 Å². The Labute approximate surface area is 162 Å². The van der Waals surface area contributed by atoms with Crippen LogP contribution in [0.15, 0.2) is 78.9 Å². The average molecular weight is 374 g/mol. The second-order valence-corrected chi connectivity index (χ2v) is 5.90. The first kappa shape index (κ1) is 18.9. The first-order chi connectivity index (χ1) is 13.6. The minimum absolute atomic E-state index is 0.150. The number of hydrogen-bond donors (Lipinski definition) is 1. The number of hydrogen-bond acceptors (Lipinski definition) is 4. The largest absolute Gasteiger partial charge is 0.493 e. The zero-order valence-electron chi connectivity index (χ0n) is 15.2. The van der Waals surface area contributed by atoms with Gasteiger partial charge in [0.2, 0.25) is 0 Å². The van der Waals surface area contributed by atoms with E-state index in [9.17, 15) is 14.7 Å². The maximum Gasteiger partial charge on any atom is 0.343 e. The molecule has 0 saturated heterocycles. The predicted octanol–water partition coefficient (Wildman–Crippen LogP) is 4.54. The van der Waals surface area contributed by atoms with E-state index in [0.717, 1.165) is 0 Å². The molecule has 1 N–H and O–H groups in total. The summed E-state index contributed by atoms with van der Waals surface area (Å²) in [4.78, 5) is 23.9. The summed E-state index contributed by atoms with van der Waals surface area (Å²) in [5.74, 6) is -0.955. The standard InChI is InChI=1S/C23H18O5/c1-27-21-15-16(14-19(22(24)25)17-8-4-2-5-9-17)12-13-20(21)28-23(26)18-10-6-3-7-11-18/h2-15H,1H3,(H,24,25)/b19-14+. The Balaban J connectivity index is 1.90. The number of esters is 1. The van der Waals surface area contributed by atoms with Crippen molar-refractivity contribution in [2.24, 2.45) is 0 Å². The molecule has 5 heteroatoms. The van der Waals surface area contributed by atoms with E-state index in [1.807, 2.05) is 12.1 Å². The fourth-order valence-corrected chi connectivity index (χ4v) is 2.64. The molecule has 0 bridgehead atoms. The zero-order valence-corrected chi connectivity index (χ0v) is 15.2. The molecule has 3 aromatic rings. The van der Waals surface area contributed by atoms with Crippen LogP contribution in [0.1, 0.15) is 21.5 Å². The molecule has 0 aliphatic carbocycles. The van der Waals surface area contributed by atoms with Crippen LogP contribution in [0.5, 0.6) is 11.5 Å². The number of carboxylic acids is 1. The Hall–Kier alpha value is -3.86. The molecule has 0 radical (unpaired) electrons. The van der Waals surface area contributed by atoms with Gasteiger partial charge in [0.1, 0.15) is 0 Å². The first-order valence-corrected chi connectivity index (χ1v) is 8.54. The number of benzene rings is 3. The van der Waals surface area contributed by atoms with Gasteiger partial charge in [0, 0.05) is 0 Å². The first-order valence-electron chi connectivity index (χ1n) is 8.54. The molecule has 0 aromatic heterocycles. The summed E-state index contributed by atoms with van der Waals surface area (Å²) in [5.41, 5.74) is 1.77. The van der Waals surface area contributed by atoms with Crippen LogP contribution < -0.4 is 9.47 Å². The lowest BCUT2D eigenvalue weighted by atomic mass is 10.0. The van der Waals surface area contributed by atoms with Gasteiger partial charge in [-0.15, -0.1) is 0 Å². The third-order valence-corrected chi connectivity index (χ3v) is 4.03. The van der Waals surface area contributed by atoms with Gasteiger partial charge in [-0.25, -0.2) is 9.59 Å². The van der Waals surface area contributed by atoms with Crippen molar-refractivity contribution in [3.8, 4) is 11.5 Å². The monoisotopic (exact) mass is 374 g/mol. The van der Waals surface area contributed by atoms with E-state index >= 15 is 0 Å². The van der Waals surface area contributed by atoms with Gasteiger partial charge in [0.05, 0.1) is 18.2 Å². The highest BCUT2D eigenvalue weighted by atomic mass is 16.6. The van der Waals surface area contributed by atoms with Crippen LogP contribution in [0.2, 0.25) is 0 Å². The van der Waals surface area contributed by atoms with E-state index < -0.39 is 11.9 Å². The molecule has 0 aliphatic rings. The van der Waals surface area contributed by atoms with Crippen molar-refractivity contribution < 1.29 is 24.2 Å². The lowest BCUT2D eigenvalue weighted by Gasteiger charge is -2.10. The molecule has 5 nitrogen and oxygen atoms in total. The maximum atomic E-state index is 12.3. The van der Waals surface area contributed by atoms with Gasteiger partial charge >= 0.3 is 11.9 Å². The number of rotatable bonds is 6. The number of aliphatic carboxylic acids is 1. The predicted molar refractivity (Wildman–Crippen MR) is 106 cm³/mol. The lowest BCUT2D eigenvalue weighted by Crippen LogP contribution is -2.09. The molecule has 0 aliphatic heterocycles. The number of carboxylic acid groups (broad SMARTS) is 1. The Bertz CT molecular complexity index is 1010. The van der Waals surface area contributed by atoms with Gasteiger partial charge in [0.25, 0.3) is 0 Å². The zero-order chi connectivity index (χ0) is 19.9. The molecule has 0 amide bonds. The summed E-state index contributed by atoms with van der Waals surface area (Å²) in [5, 5.41) is 9.55. The smallest absolute Gasteiger partial charge is 0.343 e. The number of ether oxygens (including phenoxy) is 2. The third kappa shape index (κ3) is 4.45. The van der Waals surface area contributed by atoms with Gasteiger partial charge < -0.3 is 14.6 Å². The van der Waals surface area contributed by atoms with E-state index in [0.29, 0.717) is 22.4 Å². The fraction of sp³-hybridized carbons (Fsp3) is 0.0435. The summed E-state index contributed by atoms with van der Waals surface area (Å²) in [6.07, 6.45) is 1.54. The third-order valence-electron chi connectivity index (χ3n) is 4.03. The van der Waals surface area contributed by atoms with Crippen molar-refractivity contribution in [2.75, 3.05) is 7.11 Å². The van der Waals surface area contributed by atoms with Gasteiger partial charge in [-0.1, -0.05) is 54.6 Å². The second-order valence-electron chi connectivity index (χ2n) is 5.90. The topological polar surface area (TPSA) is 72.8 Å². The highest BCUT2D eigenvalue weighted by Crippen LogP contribution is 2.30. The van der Waals surface area contributed by atoms with Crippen molar-refractivity contribution >= 4 is 23.6 Å². The van der Waals surface area contributed by atoms with Crippen molar-refractivity contribution in [1.29, 1.82) is 0 Å². The van der Waals surface area contributed by atoms with Crippen molar-refractivity contribution in [3.63, 3.8) is 0 Å². The second kappa shape index (κ2) is 8.68. The number of carbonyl (C=O) groups is 2. The van der Waals surface area contributed by atoms with Crippen LogP contribution in [-0.4, -0.2) is 24.2 Å². The van der Waals surface area contributed by atoms with Crippen LogP contribution in [0.25, 0.3) is 11.6 Å². The van der Waals surface area contributed by atoms with Crippen LogP contribution in [0.4, 0.5) is 0 Å². The van der Waals surface area contributed by atoms with Gasteiger partial charge in [-0.2, -0.15) is 0 Å². The van der Waals surface area contributed by atoms with Crippen LogP contribution in [0.3, 0.4) is 0 Å². The normalized spacial score (nSPS) is 11.0. The molecular weight excluding hydrogens is 356 g/mol. The Morgan fingerprint density at radius 2 is 1.43 bits per heavy atom. The summed E-state index contributed by atoms with van der Waals surface area (Å²) in [6.45, 7) is 0. The van der Waals surface area contributed by atoms with Gasteiger partial charge in [-0.3, -0.25) is 0 Å². The summed E-state index contributed by atoms with van der Waals surface area (Å²) >= 11 is 0. The van der Waals surface area contributed by atoms with Crippen molar-refractivity contribution in [2.45, 2.75) is 0 Å². The van der Waals surface area contributed by atoms with Crippen molar-refractivity contribution in [1.82, 2.24) is 0 Å². The molecule has 0 saturated carbocycles. The highest BCUT2D eigenvalue weighted by molar-refractivity contribution is 6.20. The van der Waals surface area contributed by atoms with E-state index in [2.05, 4.69) is 0 Å². The van der Waals surface area contributed by atoms with E-state index in [1.54, 1.807) is 72.8 Å². The van der Waals surface area contributed by atoms with Crippen LogP contribution >= 0.6 is 0 Å². The summed E-state index contributed by atoms with van der Waals surface area (Å²) < 4.78 is 10.7. The van der Waals surface area contributed by atoms with E-state index in [-0.39, 0.29) is 11.3 Å². The minimum atomic E-state index is -1.04. The molecule has 0 unspecified atom stereocenters. The lowest BCUT2D eigenvalue weighted by molar-refractivity contribution is -0.130. The van der Waals surface area contributed by atoms with E-state index in [1.165, 1.54) is 7.11 Å². The molecule has 0 heterocycles. The maximum absolute atomic E-state index is 12.3. The molecule has 28 heavy (non-hydrogen) atoms. The Morgan fingerprint density at radius 1 is 0.821 bits per heavy atom. The summed E-state index contributed by atoms with van der Waals surface area (Å²) in [6, 6.07) is 22.3. The Morgan fingerprint density at radius 3 is 2.00 bits per heavy atom. The Kier molecular flexibility index (Phi) is 5.87. The molecule has 0 fully saturated rings. The van der Waals surface area contributed by atoms with Crippen molar-refractivity contribution in [3.05, 3.63) is 95.6 Å². The fourth-order valence-electron chi connectivity index (χ4n) is 2.64.